The van der Waals surface area contributed by atoms with Crippen LogP contribution in [-0.4, -0.2) is 21.4 Å². The second-order valence-electron chi connectivity index (χ2n) is 7.62. The van der Waals surface area contributed by atoms with Crippen LogP contribution in [0.15, 0.2) is 0 Å². The molecule has 2 aliphatic carbocycles. The summed E-state index contributed by atoms with van der Waals surface area (Å²) in [5, 5.41) is 20.3. The molecular formula is C20H40O2. The van der Waals surface area contributed by atoms with Crippen LogP contribution in [-0.2, 0) is 0 Å². The van der Waals surface area contributed by atoms with Gasteiger partial charge in [-0.15, -0.1) is 0 Å². The van der Waals surface area contributed by atoms with E-state index in [1.165, 1.54) is 38.5 Å². The summed E-state index contributed by atoms with van der Waals surface area (Å²) in [6.07, 6.45) is 13.8. The van der Waals surface area contributed by atoms with Gasteiger partial charge in [0.2, 0.25) is 0 Å². The minimum Gasteiger partial charge on any atom is -0.390 e. The molecule has 2 heteroatoms. The first-order chi connectivity index (χ1) is 10.5. The summed E-state index contributed by atoms with van der Waals surface area (Å²) in [5.74, 6) is 1.14. The quantitative estimate of drug-likeness (QED) is 0.724. The molecular weight excluding hydrogens is 272 g/mol. The van der Waals surface area contributed by atoms with Gasteiger partial charge in [-0.3, -0.25) is 0 Å². The normalized spacial score (nSPS) is 39.0. The Balaban J connectivity index is 0.000000220. The zero-order chi connectivity index (χ0) is 16.6. The van der Waals surface area contributed by atoms with E-state index in [4.69, 9.17) is 0 Å². The van der Waals surface area contributed by atoms with E-state index < -0.39 is 0 Å². The molecule has 2 aliphatic rings. The maximum absolute atomic E-state index is 10.1. The van der Waals surface area contributed by atoms with Gasteiger partial charge in [0, 0.05) is 0 Å². The number of aliphatic hydroxyl groups is 2. The van der Waals surface area contributed by atoms with Crippen molar-refractivity contribution < 1.29 is 10.2 Å². The summed E-state index contributed by atoms with van der Waals surface area (Å²) >= 11 is 0. The van der Waals surface area contributed by atoms with Gasteiger partial charge < -0.3 is 10.2 Å². The first kappa shape index (κ1) is 20.0. The fourth-order valence-electron chi connectivity index (χ4n) is 4.69. The van der Waals surface area contributed by atoms with Crippen LogP contribution in [0.25, 0.3) is 0 Å². The standard InChI is InChI=1S/2C10H20O/c2*1-3-9-7-5-6-8-10(9,11)4-2/h2*9,11H,3-8H2,1-2H3. The highest BCUT2D eigenvalue weighted by Crippen LogP contribution is 2.38. The molecule has 2 fully saturated rings. The molecule has 0 spiro atoms. The first-order valence-electron chi connectivity index (χ1n) is 9.90. The molecule has 0 aliphatic heterocycles. The van der Waals surface area contributed by atoms with Crippen molar-refractivity contribution >= 4 is 0 Å². The Hall–Kier alpha value is -0.0800. The van der Waals surface area contributed by atoms with E-state index in [0.29, 0.717) is 11.8 Å². The van der Waals surface area contributed by atoms with Gasteiger partial charge in [-0.1, -0.05) is 66.2 Å². The Morgan fingerprint density at radius 1 is 0.682 bits per heavy atom. The molecule has 22 heavy (non-hydrogen) atoms. The lowest BCUT2D eigenvalue weighted by molar-refractivity contribution is -0.0527. The summed E-state index contributed by atoms with van der Waals surface area (Å²) in [7, 11) is 0. The fourth-order valence-corrected chi connectivity index (χ4v) is 4.69. The highest BCUT2D eigenvalue weighted by atomic mass is 16.3. The van der Waals surface area contributed by atoms with E-state index in [1.54, 1.807) is 0 Å². The van der Waals surface area contributed by atoms with Gasteiger partial charge >= 0.3 is 0 Å². The summed E-state index contributed by atoms with van der Waals surface area (Å²) in [6.45, 7) is 8.59. The molecule has 4 unspecified atom stereocenters. The van der Waals surface area contributed by atoms with E-state index in [0.717, 1.165) is 38.5 Å². The Labute approximate surface area is 138 Å². The number of hydrogen-bond donors (Lipinski definition) is 2. The van der Waals surface area contributed by atoms with Crippen molar-refractivity contribution in [3.8, 4) is 0 Å². The molecule has 2 rings (SSSR count). The predicted molar refractivity (Wildman–Crippen MR) is 95.0 cm³/mol. The van der Waals surface area contributed by atoms with Gasteiger partial charge in [0.25, 0.3) is 0 Å². The molecule has 132 valence electrons. The molecule has 0 amide bonds. The topological polar surface area (TPSA) is 40.5 Å². The van der Waals surface area contributed by atoms with Gasteiger partial charge in [-0.2, -0.15) is 0 Å². The minimum absolute atomic E-state index is 0.312. The van der Waals surface area contributed by atoms with Crippen LogP contribution in [0.5, 0.6) is 0 Å². The van der Waals surface area contributed by atoms with E-state index in [1.807, 2.05) is 0 Å². The monoisotopic (exact) mass is 312 g/mol. The Morgan fingerprint density at radius 2 is 1.05 bits per heavy atom. The van der Waals surface area contributed by atoms with Gasteiger partial charge in [0.15, 0.2) is 0 Å². The number of rotatable bonds is 4. The summed E-state index contributed by atoms with van der Waals surface area (Å²) in [4.78, 5) is 0. The van der Waals surface area contributed by atoms with Crippen molar-refractivity contribution in [1.82, 2.24) is 0 Å². The molecule has 2 saturated carbocycles. The van der Waals surface area contributed by atoms with Crippen molar-refractivity contribution in [2.24, 2.45) is 11.8 Å². The van der Waals surface area contributed by atoms with E-state index in [2.05, 4.69) is 27.7 Å². The molecule has 0 aromatic heterocycles. The van der Waals surface area contributed by atoms with Crippen LogP contribution in [0.2, 0.25) is 0 Å². The zero-order valence-electron chi connectivity index (χ0n) is 15.5. The van der Waals surface area contributed by atoms with Gasteiger partial charge in [-0.25, -0.2) is 0 Å². The molecule has 2 nitrogen and oxygen atoms in total. The SMILES string of the molecule is CCC1CCCCC1(O)CC.CCC1CCCCC1(O)CC. The third kappa shape index (κ3) is 4.96. The molecule has 0 heterocycles. The molecule has 0 aromatic rings. The first-order valence-corrected chi connectivity index (χ1v) is 9.90. The van der Waals surface area contributed by atoms with E-state index >= 15 is 0 Å². The lowest BCUT2D eigenvalue weighted by Gasteiger charge is -2.39. The molecule has 0 radical (unpaired) electrons. The maximum atomic E-state index is 10.1. The van der Waals surface area contributed by atoms with Crippen molar-refractivity contribution in [2.45, 2.75) is 116 Å². The van der Waals surface area contributed by atoms with Crippen molar-refractivity contribution in [2.75, 3.05) is 0 Å². The Kier molecular flexibility index (Phi) is 8.42. The summed E-state index contributed by atoms with van der Waals surface area (Å²) in [5.41, 5.74) is -0.625. The van der Waals surface area contributed by atoms with Crippen LogP contribution in [0.4, 0.5) is 0 Å². The third-order valence-electron chi connectivity index (χ3n) is 6.55. The molecule has 0 bridgehead atoms. The highest BCUT2D eigenvalue weighted by molar-refractivity contribution is 4.88. The van der Waals surface area contributed by atoms with Gasteiger partial charge in [-0.05, 0) is 50.4 Å². The van der Waals surface area contributed by atoms with Crippen LogP contribution < -0.4 is 0 Å². The van der Waals surface area contributed by atoms with Crippen LogP contribution in [0, 0.1) is 11.8 Å². The van der Waals surface area contributed by atoms with E-state index in [-0.39, 0.29) is 11.2 Å². The summed E-state index contributed by atoms with van der Waals surface area (Å²) in [6, 6.07) is 0. The van der Waals surface area contributed by atoms with Gasteiger partial charge in [0.1, 0.15) is 0 Å². The Morgan fingerprint density at radius 3 is 1.27 bits per heavy atom. The smallest absolute Gasteiger partial charge is 0.0673 e. The van der Waals surface area contributed by atoms with Crippen LogP contribution in [0.1, 0.15) is 105 Å². The molecule has 0 aromatic carbocycles. The van der Waals surface area contributed by atoms with E-state index in [9.17, 15) is 10.2 Å². The van der Waals surface area contributed by atoms with Crippen LogP contribution in [0.3, 0.4) is 0 Å². The van der Waals surface area contributed by atoms with Crippen LogP contribution >= 0.6 is 0 Å². The van der Waals surface area contributed by atoms with Crippen molar-refractivity contribution in [3.63, 3.8) is 0 Å². The number of hydrogen-bond acceptors (Lipinski definition) is 2. The second-order valence-corrected chi connectivity index (χ2v) is 7.62. The zero-order valence-corrected chi connectivity index (χ0v) is 15.5. The minimum atomic E-state index is -0.312. The van der Waals surface area contributed by atoms with Crippen molar-refractivity contribution in [3.05, 3.63) is 0 Å². The lowest BCUT2D eigenvalue weighted by atomic mass is 9.73. The Bertz CT molecular complexity index is 274. The second kappa shape index (κ2) is 9.27. The van der Waals surface area contributed by atoms with Crippen molar-refractivity contribution in [1.29, 1.82) is 0 Å². The lowest BCUT2D eigenvalue weighted by Crippen LogP contribution is -2.39. The highest BCUT2D eigenvalue weighted by Gasteiger charge is 2.36. The largest absolute Gasteiger partial charge is 0.390 e. The predicted octanol–water partition coefficient (Wildman–Crippen LogP) is 5.46. The third-order valence-corrected chi connectivity index (χ3v) is 6.55. The maximum Gasteiger partial charge on any atom is 0.0673 e. The molecule has 2 N–H and O–H groups in total. The molecule has 0 saturated heterocycles. The average molecular weight is 313 g/mol. The molecule has 4 atom stereocenters. The van der Waals surface area contributed by atoms with Gasteiger partial charge in [0.05, 0.1) is 11.2 Å². The average Bonchev–Trinajstić information content (AvgIpc) is 2.56. The summed E-state index contributed by atoms with van der Waals surface area (Å²) < 4.78 is 0. The fraction of sp³-hybridized carbons (Fsp3) is 1.00.